The molecule has 0 spiro atoms. The van der Waals surface area contributed by atoms with Crippen molar-refractivity contribution in [1.29, 1.82) is 0 Å². The number of oxazole rings is 1. The van der Waals surface area contributed by atoms with Crippen molar-refractivity contribution in [1.82, 2.24) is 19.9 Å². The Hall–Kier alpha value is -1.66. The van der Waals surface area contributed by atoms with Crippen LogP contribution in [0.4, 0.5) is 0 Å². The number of aryl methyl sites for hydroxylation is 2. The number of rotatable bonds is 8. The molecule has 0 unspecified atom stereocenters. The minimum absolute atomic E-state index is 0. The average Bonchev–Trinajstić information content (AvgIpc) is 3.01. The zero-order valence-corrected chi connectivity index (χ0v) is 21.5. The number of aromatic nitrogens is 1. The molecule has 0 amide bonds. The molecule has 0 saturated heterocycles. The van der Waals surface area contributed by atoms with Gasteiger partial charge in [0, 0.05) is 19.6 Å². The predicted octanol–water partition coefficient (Wildman–Crippen LogP) is 3.19. The lowest BCUT2D eigenvalue weighted by molar-refractivity contribution is 0.410. The van der Waals surface area contributed by atoms with Crippen LogP contribution in [0.2, 0.25) is 0 Å². The molecular weight excluding hydrogens is 517 g/mol. The number of aliphatic imine (C=N–C) groups is 1. The molecule has 0 aliphatic carbocycles. The third-order valence-electron chi connectivity index (χ3n) is 4.57. The van der Waals surface area contributed by atoms with Crippen LogP contribution in [0.5, 0.6) is 0 Å². The van der Waals surface area contributed by atoms with E-state index in [2.05, 4.69) is 20.6 Å². The fourth-order valence-electron chi connectivity index (χ4n) is 2.50. The van der Waals surface area contributed by atoms with Gasteiger partial charge in [-0.1, -0.05) is 12.1 Å². The van der Waals surface area contributed by atoms with Crippen molar-refractivity contribution >= 4 is 40.0 Å². The summed E-state index contributed by atoms with van der Waals surface area (Å²) in [6.45, 7) is 11.0. The summed E-state index contributed by atoms with van der Waals surface area (Å²) in [7, 11) is -1.89. The Bertz CT molecular complexity index is 920. The van der Waals surface area contributed by atoms with Crippen LogP contribution in [0.3, 0.4) is 0 Å². The van der Waals surface area contributed by atoms with Gasteiger partial charge in [0.2, 0.25) is 15.9 Å². The third kappa shape index (κ3) is 6.95. The van der Waals surface area contributed by atoms with Gasteiger partial charge in [0.1, 0.15) is 5.76 Å². The maximum absolute atomic E-state index is 12.5. The molecule has 0 atom stereocenters. The standard InChI is InChI=1S/C20H31N5O3S.HI/c1-7-21-20(23-13-19-24-15(4)16(5)28-19)22-12-17-8-10-18(11-9-17)29(26,27)25(6)14(2)3;/h8-11,14H,7,12-13H2,1-6H3,(H2,21,22,23);1H. The first-order chi connectivity index (χ1) is 13.6. The summed E-state index contributed by atoms with van der Waals surface area (Å²) in [5, 5.41) is 6.37. The quantitative estimate of drug-likeness (QED) is 0.298. The molecule has 10 heteroatoms. The fraction of sp³-hybridized carbons (Fsp3) is 0.500. The molecule has 0 bridgehead atoms. The van der Waals surface area contributed by atoms with E-state index in [-0.39, 0.29) is 34.9 Å². The maximum Gasteiger partial charge on any atom is 0.243 e. The van der Waals surface area contributed by atoms with Gasteiger partial charge < -0.3 is 15.1 Å². The van der Waals surface area contributed by atoms with Crippen molar-refractivity contribution in [3.8, 4) is 0 Å². The first-order valence-electron chi connectivity index (χ1n) is 9.67. The Morgan fingerprint density at radius 3 is 2.33 bits per heavy atom. The molecule has 1 aromatic carbocycles. The van der Waals surface area contributed by atoms with E-state index in [0.717, 1.165) is 17.0 Å². The highest BCUT2D eigenvalue weighted by Gasteiger charge is 2.22. The number of hydrogen-bond donors (Lipinski definition) is 2. The van der Waals surface area contributed by atoms with Gasteiger partial charge in [-0.3, -0.25) is 0 Å². The van der Waals surface area contributed by atoms with E-state index >= 15 is 0 Å². The number of nitrogens with zero attached hydrogens (tertiary/aromatic N) is 3. The van der Waals surface area contributed by atoms with Gasteiger partial charge in [-0.05, 0) is 52.3 Å². The van der Waals surface area contributed by atoms with E-state index in [4.69, 9.17) is 4.42 Å². The maximum atomic E-state index is 12.5. The van der Waals surface area contributed by atoms with Gasteiger partial charge in [-0.15, -0.1) is 24.0 Å². The van der Waals surface area contributed by atoms with E-state index in [1.54, 1.807) is 31.3 Å². The highest BCUT2D eigenvalue weighted by molar-refractivity contribution is 14.0. The van der Waals surface area contributed by atoms with Crippen LogP contribution in [-0.4, -0.2) is 43.3 Å². The van der Waals surface area contributed by atoms with E-state index in [1.165, 1.54) is 4.31 Å². The molecule has 30 heavy (non-hydrogen) atoms. The van der Waals surface area contributed by atoms with Crippen LogP contribution in [-0.2, 0) is 23.1 Å². The molecule has 2 N–H and O–H groups in total. The van der Waals surface area contributed by atoms with Crippen LogP contribution in [0.15, 0.2) is 38.6 Å². The molecule has 0 aliphatic heterocycles. The molecule has 0 aliphatic rings. The van der Waals surface area contributed by atoms with Crippen LogP contribution < -0.4 is 10.6 Å². The lowest BCUT2D eigenvalue weighted by Gasteiger charge is -2.21. The monoisotopic (exact) mass is 549 g/mol. The average molecular weight is 549 g/mol. The van der Waals surface area contributed by atoms with Gasteiger partial charge in [0.05, 0.1) is 23.7 Å². The molecule has 1 aromatic heterocycles. The van der Waals surface area contributed by atoms with Gasteiger partial charge in [0.25, 0.3) is 0 Å². The van der Waals surface area contributed by atoms with Gasteiger partial charge in [0.15, 0.2) is 5.96 Å². The zero-order chi connectivity index (χ0) is 21.6. The van der Waals surface area contributed by atoms with E-state index in [9.17, 15) is 8.42 Å². The minimum atomic E-state index is -3.48. The summed E-state index contributed by atoms with van der Waals surface area (Å²) in [6.07, 6.45) is 0. The van der Waals surface area contributed by atoms with Crippen LogP contribution >= 0.6 is 24.0 Å². The van der Waals surface area contributed by atoms with Crippen molar-refractivity contribution < 1.29 is 12.8 Å². The third-order valence-corrected chi connectivity index (χ3v) is 6.62. The molecule has 0 radical (unpaired) electrons. The van der Waals surface area contributed by atoms with Crippen molar-refractivity contribution in [2.24, 2.45) is 4.99 Å². The summed E-state index contributed by atoms with van der Waals surface area (Å²) < 4.78 is 32.0. The molecule has 0 fully saturated rings. The van der Waals surface area contributed by atoms with Gasteiger partial charge in [-0.25, -0.2) is 18.4 Å². The van der Waals surface area contributed by atoms with E-state index < -0.39 is 10.0 Å². The smallest absolute Gasteiger partial charge is 0.243 e. The minimum Gasteiger partial charge on any atom is -0.444 e. The van der Waals surface area contributed by atoms with Crippen LogP contribution in [0.1, 0.15) is 43.7 Å². The topological polar surface area (TPSA) is 99.8 Å². The molecule has 168 valence electrons. The summed E-state index contributed by atoms with van der Waals surface area (Å²) >= 11 is 0. The lowest BCUT2D eigenvalue weighted by atomic mass is 10.2. The number of sulfonamides is 1. The second kappa shape index (κ2) is 11.7. The molecule has 2 rings (SSSR count). The summed E-state index contributed by atoms with van der Waals surface area (Å²) in [4.78, 5) is 9.17. The van der Waals surface area contributed by atoms with E-state index in [1.807, 2.05) is 34.6 Å². The van der Waals surface area contributed by atoms with Crippen LogP contribution in [0, 0.1) is 13.8 Å². The lowest BCUT2D eigenvalue weighted by Crippen LogP contribution is -2.36. The molecule has 1 heterocycles. The Kier molecular flexibility index (Phi) is 10.2. The summed E-state index contributed by atoms with van der Waals surface area (Å²) in [5.74, 6) is 2.05. The number of halogens is 1. The molecular formula is C20H32IN5O3S. The van der Waals surface area contributed by atoms with Crippen molar-refractivity contribution in [3.05, 3.63) is 47.2 Å². The first kappa shape index (κ1) is 26.4. The fourth-order valence-corrected chi connectivity index (χ4v) is 3.86. The summed E-state index contributed by atoms with van der Waals surface area (Å²) in [5.41, 5.74) is 1.79. The Balaban J connectivity index is 0.00000450. The molecule has 0 saturated carbocycles. The Morgan fingerprint density at radius 1 is 1.20 bits per heavy atom. The zero-order valence-electron chi connectivity index (χ0n) is 18.4. The van der Waals surface area contributed by atoms with Crippen LogP contribution in [0.25, 0.3) is 0 Å². The highest BCUT2D eigenvalue weighted by Crippen LogP contribution is 2.17. The predicted molar refractivity (Wildman–Crippen MR) is 130 cm³/mol. The van der Waals surface area contributed by atoms with Gasteiger partial charge >= 0.3 is 0 Å². The summed E-state index contributed by atoms with van der Waals surface area (Å²) in [6, 6.07) is 6.72. The van der Waals surface area contributed by atoms with Crippen molar-refractivity contribution in [2.75, 3.05) is 13.6 Å². The van der Waals surface area contributed by atoms with Crippen molar-refractivity contribution in [2.45, 2.75) is 58.6 Å². The number of hydrogen-bond acceptors (Lipinski definition) is 5. The van der Waals surface area contributed by atoms with E-state index in [0.29, 0.717) is 31.5 Å². The Labute approximate surface area is 196 Å². The second-order valence-electron chi connectivity index (χ2n) is 7.06. The Morgan fingerprint density at radius 2 is 1.83 bits per heavy atom. The SMILES string of the molecule is CCNC(=NCc1ccc(S(=O)(=O)N(C)C(C)C)cc1)NCc1nc(C)c(C)o1.I. The first-order valence-corrected chi connectivity index (χ1v) is 11.1. The normalized spacial score (nSPS) is 12.2. The number of nitrogens with one attached hydrogen (secondary N) is 2. The second-order valence-corrected chi connectivity index (χ2v) is 9.05. The highest BCUT2D eigenvalue weighted by atomic mass is 127. The largest absolute Gasteiger partial charge is 0.444 e. The number of benzene rings is 1. The van der Waals surface area contributed by atoms with Gasteiger partial charge in [-0.2, -0.15) is 4.31 Å². The molecule has 2 aromatic rings. The van der Waals surface area contributed by atoms with Crippen molar-refractivity contribution in [3.63, 3.8) is 0 Å². The molecule has 8 nitrogen and oxygen atoms in total. The number of guanidine groups is 1.